The molecule has 1 aromatic rings. The Balaban J connectivity index is 2.02. The van der Waals surface area contributed by atoms with E-state index < -0.39 is 11.6 Å². The molecule has 4 amide bonds. The Bertz CT molecular complexity index is 642. The number of nitrogens with zero attached hydrogens (tertiary/aromatic N) is 2. The Morgan fingerprint density at radius 1 is 1.25 bits per heavy atom. The maximum Gasteiger partial charge on any atom is 0.325 e. The summed E-state index contributed by atoms with van der Waals surface area (Å²) < 4.78 is 5.11. The minimum Gasteiger partial charge on any atom is -0.497 e. The lowest BCUT2D eigenvalue weighted by atomic mass is 9.93. The van der Waals surface area contributed by atoms with Gasteiger partial charge in [-0.25, -0.2) is 4.79 Å². The molecule has 7 nitrogen and oxygen atoms in total. The van der Waals surface area contributed by atoms with Crippen molar-refractivity contribution < 1.29 is 19.1 Å². The molecule has 1 heterocycles. The van der Waals surface area contributed by atoms with Gasteiger partial charge in [-0.2, -0.15) is 0 Å². The highest BCUT2D eigenvalue weighted by Gasteiger charge is 2.47. The van der Waals surface area contributed by atoms with Crippen molar-refractivity contribution in [3.05, 3.63) is 29.8 Å². The number of likely N-dealkylation sites (N-methyl/N-ethyl adjacent to an activating group) is 1. The highest BCUT2D eigenvalue weighted by molar-refractivity contribution is 6.08. The topological polar surface area (TPSA) is 79.0 Å². The van der Waals surface area contributed by atoms with Crippen LogP contribution < -0.4 is 10.1 Å². The molecule has 24 heavy (non-hydrogen) atoms. The molecule has 0 spiro atoms. The second-order valence-electron chi connectivity index (χ2n) is 6.29. The van der Waals surface area contributed by atoms with Gasteiger partial charge < -0.3 is 15.0 Å². The fourth-order valence-corrected chi connectivity index (χ4v) is 2.52. The second kappa shape index (κ2) is 6.90. The first kappa shape index (κ1) is 17.8. The highest BCUT2D eigenvalue weighted by atomic mass is 16.5. The van der Waals surface area contributed by atoms with E-state index in [4.69, 9.17) is 4.74 Å². The van der Waals surface area contributed by atoms with Crippen molar-refractivity contribution in [2.75, 3.05) is 27.7 Å². The van der Waals surface area contributed by atoms with Gasteiger partial charge in [0.2, 0.25) is 5.91 Å². The van der Waals surface area contributed by atoms with Crippen molar-refractivity contribution in [2.24, 2.45) is 0 Å². The average Bonchev–Trinajstić information content (AvgIpc) is 2.77. The van der Waals surface area contributed by atoms with Gasteiger partial charge in [-0.1, -0.05) is 12.1 Å². The van der Waals surface area contributed by atoms with Crippen LogP contribution in [0.25, 0.3) is 0 Å². The van der Waals surface area contributed by atoms with Gasteiger partial charge >= 0.3 is 6.03 Å². The van der Waals surface area contributed by atoms with Crippen LogP contribution in [0.15, 0.2) is 24.3 Å². The van der Waals surface area contributed by atoms with Gasteiger partial charge in [0.25, 0.3) is 5.91 Å². The summed E-state index contributed by atoms with van der Waals surface area (Å²) in [4.78, 5) is 38.7. The predicted molar refractivity (Wildman–Crippen MR) is 88.7 cm³/mol. The first-order valence-corrected chi connectivity index (χ1v) is 7.74. The number of imide groups is 1. The molecule has 0 aromatic heterocycles. The van der Waals surface area contributed by atoms with E-state index in [9.17, 15) is 14.4 Å². The zero-order chi connectivity index (χ0) is 17.9. The largest absolute Gasteiger partial charge is 0.497 e. The highest BCUT2D eigenvalue weighted by Crippen LogP contribution is 2.24. The summed E-state index contributed by atoms with van der Waals surface area (Å²) in [5.41, 5.74) is 0.0470. The van der Waals surface area contributed by atoms with Crippen LogP contribution in [0.3, 0.4) is 0 Å². The van der Waals surface area contributed by atoms with E-state index >= 15 is 0 Å². The van der Waals surface area contributed by atoms with Crippen LogP contribution in [-0.2, 0) is 16.0 Å². The van der Waals surface area contributed by atoms with E-state index in [0.717, 1.165) is 16.2 Å². The molecule has 0 radical (unpaired) electrons. The van der Waals surface area contributed by atoms with Crippen LogP contribution >= 0.6 is 0 Å². The van der Waals surface area contributed by atoms with Crippen LogP contribution in [0.5, 0.6) is 5.75 Å². The third-order valence-corrected chi connectivity index (χ3v) is 4.21. The van der Waals surface area contributed by atoms with Gasteiger partial charge in [0.1, 0.15) is 17.8 Å². The molecule has 1 aliphatic rings. The first-order valence-electron chi connectivity index (χ1n) is 7.74. The van der Waals surface area contributed by atoms with Crippen LogP contribution in [0.2, 0.25) is 0 Å². The van der Waals surface area contributed by atoms with E-state index in [0.29, 0.717) is 12.8 Å². The molecular weight excluding hydrogens is 310 g/mol. The summed E-state index contributed by atoms with van der Waals surface area (Å²) in [7, 11) is 4.78. The number of carbonyl (C=O) groups is 3. The maximum atomic E-state index is 12.6. The smallest absolute Gasteiger partial charge is 0.325 e. The lowest BCUT2D eigenvalue weighted by Crippen LogP contribution is -2.45. The number of rotatable bonds is 6. The van der Waals surface area contributed by atoms with Crippen LogP contribution in [-0.4, -0.2) is 60.9 Å². The number of methoxy groups -OCH3 is 1. The number of nitrogens with one attached hydrogen (secondary N) is 1. The van der Waals surface area contributed by atoms with Gasteiger partial charge in [-0.15, -0.1) is 0 Å². The van der Waals surface area contributed by atoms with E-state index in [1.54, 1.807) is 28.1 Å². The monoisotopic (exact) mass is 333 g/mol. The lowest BCUT2D eigenvalue weighted by molar-refractivity contribution is -0.137. The first-order chi connectivity index (χ1) is 11.3. The number of hydrogen-bond donors (Lipinski definition) is 1. The minimum absolute atomic E-state index is 0.240. The van der Waals surface area contributed by atoms with E-state index in [2.05, 4.69) is 5.32 Å². The van der Waals surface area contributed by atoms with Gasteiger partial charge in [-0.05, 0) is 37.5 Å². The summed E-state index contributed by atoms with van der Waals surface area (Å²) in [5.74, 6) is 0.109. The fourth-order valence-electron chi connectivity index (χ4n) is 2.52. The Kier molecular flexibility index (Phi) is 5.11. The molecule has 2 rings (SSSR count). The van der Waals surface area contributed by atoms with Crippen molar-refractivity contribution in [1.29, 1.82) is 0 Å². The summed E-state index contributed by atoms with van der Waals surface area (Å²) >= 11 is 0. The Hall–Kier alpha value is -2.57. The third kappa shape index (κ3) is 3.67. The normalized spacial score (nSPS) is 20.1. The van der Waals surface area contributed by atoms with E-state index in [1.165, 1.54) is 4.90 Å². The predicted octanol–water partition coefficient (Wildman–Crippen LogP) is 1.03. The molecule has 0 saturated carbocycles. The van der Waals surface area contributed by atoms with E-state index in [1.807, 2.05) is 24.3 Å². The van der Waals surface area contributed by atoms with Crippen LogP contribution in [0.4, 0.5) is 4.79 Å². The minimum atomic E-state index is -0.996. The number of urea groups is 1. The molecule has 0 unspecified atom stereocenters. The Morgan fingerprint density at radius 2 is 1.88 bits per heavy atom. The molecule has 1 fully saturated rings. The van der Waals surface area contributed by atoms with Crippen LogP contribution in [0.1, 0.15) is 18.9 Å². The summed E-state index contributed by atoms with van der Waals surface area (Å²) in [6.45, 7) is 1.45. The summed E-state index contributed by atoms with van der Waals surface area (Å²) in [6.07, 6.45) is 1.08. The van der Waals surface area contributed by atoms with Gasteiger partial charge in [0.15, 0.2) is 0 Å². The maximum absolute atomic E-state index is 12.6. The Labute approximate surface area is 141 Å². The average molecular weight is 333 g/mol. The Morgan fingerprint density at radius 3 is 2.42 bits per heavy atom. The van der Waals surface area contributed by atoms with Crippen molar-refractivity contribution >= 4 is 17.8 Å². The molecule has 0 aliphatic carbocycles. The molecule has 1 atom stereocenters. The van der Waals surface area contributed by atoms with Crippen molar-refractivity contribution in [3.8, 4) is 5.75 Å². The van der Waals surface area contributed by atoms with Crippen LogP contribution in [0, 0.1) is 0 Å². The zero-order valence-corrected chi connectivity index (χ0v) is 14.5. The molecule has 1 aliphatic heterocycles. The summed E-state index contributed by atoms with van der Waals surface area (Å²) in [5, 5.41) is 2.71. The quantitative estimate of drug-likeness (QED) is 0.789. The number of benzene rings is 1. The van der Waals surface area contributed by atoms with Crippen molar-refractivity contribution in [1.82, 2.24) is 15.1 Å². The molecule has 1 aromatic carbocycles. The number of ether oxygens (including phenoxy) is 1. The van der Waals surface area contributed by atoms with Gasteiger partial charge in [0.05, 0.1) is 7.11 Å². The number of hydrogen-bond acceptors (Lipinski definition) is 4. The number of aryl methyl sites for hydroxylation is 1. The SMILES string of the molecule is COc1ccc(CC[C@@]2(C)NC(=O)N(CC(=O)N(C)C)C2=O)cc1. The lowest BCUT2D eigenvalue weighted by Gasteiger charge is -2.22. The van der Waals surface area contributed by atoms with Crippen molar-refractivity contribution in [2.45, 2.75) is 25.3 Å². The molecular formula is C17H23N3O4. The van der Waals surface area contributed by atoms with Crippen molar-refractivity contribution in [3.63, 3.8) is 0 Å². The standard InChI is InChI=1S/C17H23N3O4/c1-17(10-9-12-5-7-13(24-4)8-6-12)15(22)20(16(23)18-17)11-14(21)19(2)3/h5-8H,9-11H2,1-4H3,(H,18,23)/t17-/m1/s1. The molecule has 0 bridgehead atoms. The number of carbonyl (C=O) groups excluding carboxylic acids is 3. The second-order valence-corrected chi connectivity index (χ2v) is 6.29. The number of amides is 4. The zero-order valence-electron chi connectivity index (χ0n) is 14.5. The third-order valence-electron chi connectivity index (χ3n) is 4.21. The van der Waals surface area contributed by atoms with Gasteiger partial charge in [0, 0.05) is 14.1 Å². The summed E-state index contributed by atoms with van der Waals surface area (Å²) in [6, 6.07) is 7.05. The molecule has 7 heteroatoms. The molecule has 1 N–H and O–H groups in total. The molecule has 130 valence electrons. The fraction of sp³-hybridized carbons (Fsp3) is 0.471. The van der Waals surface area contributed by atoms with E-state index in [-0.39, 0.29) is 18.4 Å². The molecule has 1 saturated heterocycles. The van der Waals surface area contributed by atoms with Gasteiger partial charge in [-0.3, -0.25) is 14.5 Å².